The summed E-state index contributed by atoms with van der Waals surface area (Å²) in [5.41, 5.74) is 0.885. The zero-order chi connectivity index (χ0) is 17.7. The lowest BCUT2D eigenvalue weighted by Gasteiger charge is -2.28. The summed E-state index contributed by atoms with van der Waals surface area (Å²) in [5, 5.41) is 12.0. The summed E-state index contributed by atoms with van der Waals surface area (Å²) in [5.74, 6) is -1.54. The number of nitrogens with zero attached hydrogens (tertiary/aromatic N) is 1. The van der Waals surface area contributed by atoms with Crippen LogP contribution in [0.25, 0.3) is 0 Å². The molecule has 0 aliphatic heterocycles. The smallest absolute Gasteiger partial charge is 0.317 e. The molecule has 1 saturated carbocycles. The number of hydrogen-bond donors (Lipinski definition) is 2. The first-order chi connectivity index (χ1) is 11.4. The number of rotatable bonds is 6. The summed E-state index contributed by atoms with van der Waals surface area (Å²) >= 11 is 0. The van der Waals surface area contributed by atoms with Crippen molar-refractivity contribution in [3.8, 4) is 0 Å². The van der Waals surface area contributed by atoms with E-state index >= 15 is 0 Å². The predicted molar refractivity (Wildman–Crippen MR) is 89.1 cm³/mol. The van der Waals surface area contributed by atoms with Crippen LogP contribution in [0.1, 0.15) is 44.2 Å². The second-order valence-electron chi connectivity index (χ2n) is 6.64. The van der Waals surface area contributed by atoms with Crippen LogP contribution in [-0.2, 0) is 4.79 Å². The first-order valence-electron chi connectivity index (χ1n) is 8.38. The maximum atomic E-state index is 13.2. The Morgan fingerprint density at radius 2 is 1.88 bits per heavy atom. The quantitative estimate of drug-likeness (QED) is 0.836. The minimum Gasteiger partial charge on any atom is -0.481 e. The summed E-state index contributed by atoms with van der Waals surface area (Å²) in [6.45, 7) is 1.71. The van der Waals surface area contributed by atoms with Gasteiger partial charge in [-0.3, -0.25) is 4.79 Å². The second kappa shape index (κ2) is 8.13. The van der Waals surface area contributed by atoms with E-state index in [-0.39, 0.29) is 24.4 Å². The number of halogens is 1. The molecular formula is C18H25FN2O3. The van der Waals surface area contributed by atoms with Gasteiger partial charge in [-0.1, -0.05) is 31.9 Å². The van der Waals surface area contributed by atoms with Crippen LogP contribution in [0.15, 0.2) is 24.3 Å². The Morgan fingerprint density at radius 1 is 1.29 bits per heavy atom. The summed E-state index contributed by atoms with van der Waals surface area (Å²) < 4.78 is 13.2. The zero-order valence-corrected chi connectivity index (χ0v) is 14.2. The van der Waals surface area contributed by atoms with Crippen molar-refractivity contribution in [3.63, 3.8) is 0 Å². The third-order valence-corrected chi connectivity index (χ3v) is 4.70. The highest BCUT2D eigenvalue weighted by atomic mass is 19.1. The van der Waals surface area contributed by atoms with Crippen molar-refractivity contribution in [1.82, 2.24) is 10.2 Å². The molecule has 1 aliphatic rings. The van der Waals surface area contributed by atoms with Gasteiger partial charge < -0.3 is 15.3 Å². The van der Waals surface area contributed by atoms with E-state index in [0.29, 0.717) is 5.92 Å². The third kappa shape index (κ3) is 4.69. The number of carbonyl (C=O) groups is 2. The number of urea groups is 1. The average Bonchev–Trinajstić information content (AvgIpc) is 3.07. The van der Waals surface area contributed by atoms with Gasteiger partial charge in [-0.2, -0.15) is 0 Å². The summed E-state index contributed by atoms with van der Waals surface area (Å²) in [4.78, 5) is 24.8. The summed E-state index contributed by atoms with van der Waals surface area (Å²) in [6, 6.07) is 5.74. The highest BCUT2D eigenvalue weighted by Crippen LogP contribution is 2.35. The van der Waals surface area contributed by atoms with E-state index in [1.807, 2.05) is 0 Å². The van der Waals surface area contributed by atoms with E-state index in [2.05, 4.69) is 5.32 Å². The first kappa shape index (κ1) is 18.2. The van der Waals surface area contributed by atoms with Crippen LogP contribution < -0.4 is 5.32 Å². The number of nitrogens with one attached hydrogen (secondary N) is 1. The highest BCUT2D eigenvalue weighted by Gasteiger charge is 2.29. The van der Waals surface area contributed by atoms with E-state index in [1.165, 1.54) is 17.0 Å². The number of benzene rings is 1. The number of carboxylic acids is 1. The first-order valence-corrected chi connectivity index (χ1v) is 8.38. The van der Waals surface area contributed by atoms with Gasteiger partial charge in [-0.05, 0) is 36.5 Å². The molecule has 6 heteroatoms. The SMILES string of the molecule is CC(CN(C)C(=O)NC(c1ccc(F)cc1)C1CCCC1)C(=O)O. The molecule has 0 heterocycles. The Labute approximate surface area is 141 Å². The van der Waals surface area contributed by atoms with Gasteiger partial charge in [0.05, 0.1) is 12.0 Å². The maximum Gasteiger partial charge on any atom is 0.317 e. The third-order valence-electron chi connectivity index (χ3n) is 4.70. The topological polar surface area (TPSA) is 69.6 Å². The fraction of sp³-hybridized carbons (Fsp3) is 0.556. The Kier molecular flexibility index (Phi) is 6.17. The molecule has 1 aromatic carbocycles. The van der Waals surface area contributed by atoms with Gasteiger partial charge in [-0.15, -0.1) is 0 Å². The van der Waals surface area contributed by atoms with Crippen molar-refractivity contribution in [2.45, 2.75) is 38.6 Å². The van der Waals surface area contributed by atoms with E-state index in [1.54, 1.807) is 26.1 Å². The van der Waals surface area contributed by atoms with Gasteiger partial charge in [0.2, 0.25) is 0 Å². The second-order valence-corrected chi connectivity index (χ2v) is 6.64. The van der Waals surface area contributed by atoms with E-state index in [0.717, 1.165) is 31.2 Å². The number of carboxylic acid groups (broad SMARTS) is 1. The molecule has 2 rings (SSSR count). The van der Waals surface area contributed by atoms with Gasteiger partial charge in [0.25, 0.3) is 0 Å². The van der Waals surface area contributed by atoms with Crippen molar-refractivity contribution < 1.29 is 19.1 Å². The molecule has 2 N–H and O–H groups in total. The largest absolute Gasteiger partial charge is 0.481 e. The molecule has 24 heavy (non-hydrogen) atoms. The van der Waals surface area contributed by atoms with Gasteiger partial charge in [-0.25, -0.2) is 9.18 Å². The lowest BCUT2D eigenvalue weighted by Crippen LogP contribution is -2.43. The molecule has 2 amide bonds. The number of carbonyl (C=O) groups excluding carboxylic acids is 1. The number of amides is 2. The van der Waals surface area contributed by atoms with Crippen molar-refractivity contribution in [2.75, 3.05) is 13.6 Å². The van der Waals surface area contributed by atoms with Crippen molar-refractivity contribution in [1.29, 1.82) is 0 Å². The molecule has 132 valence electrons. The van der Waals surface area contributed by atoms with Crippen LogP contribution in [0.5, 0.6) is 0 Å². The molecule has 0 radical (unpaired) electrons. The summed E-state index contributed by atoms with van der Waals surface area (Å²) in [7, 11) is 1.59. The molecule has 0 aromatic heterocycles. The van der Waals surface area contributed by atoms with Gasteiger partial charge in [0.1, 0.15) is 5.82 Å². The van der Waals surface area contributed by atoms with E-state index < -0.39 is 11.9 Å². The monoisotopic (exact) mass is 336 g/mol. The predicted octanol–water partition coefficient (Wildman–Crippen LogP) is 3.42. The normalized spacial score (nSPS) is 17.3. The van der Waals surface area contributed by atoms with Crippen LogP contribution in [0.4, 0.5) is 9.18 Å². The lowest BCUT2D eigenvalue weighted by molar-refractivity contribution is -0.141. The molecule has 2 atom stereocenters. The minimum absolute atomic E-state index is 0.141. The van der Waals surface area contributed by atoms with Crippen LogP contribution in [-0.4, -0.2) is 35.6 Å². The summed E-state index contributed by atoms with van der Waals surface area (Å²) in [6.07, 6.45) is 4.31. The molecular weight excluding hydrogens is 311 g/mol. The fourth-order valence-corrected chi connectivity index (χ4v) is 3.25. The van der Waals surface area contributed by atoms with Crippen molar-refractivity contribution in [3.05, 3.63) is 35.6 Å². The standard InChI is InChI=1S/C18H25FN2O3/c1-12(17(22)23)11-21(2)18(24)20-16(13-5-3-4-6-13)14-7-9-15(19)10-8-14/h7-10,12-13,16H,3-6,11H2,1-2H3,(H,20,24)(H,22,23). The van der Waals surface area contributed by atoms with Crippen LogP contribution >= 0.6 is 0 Å². The molecule has 0 saturated heterocycles. The molecule has 1 aliphatic carbocycles. The van der Waals surface area contributed by atoms with Gasteiger partial charge in [0, 0.05) is 13.6 Å². The molecule has 1 aromatic rings. The molecule has 5 nitrogen and oxygen atoms in total. The van der Waals surface area contributed by atoms with Crippen LogP contribution in [0.2, 0.25) is 0 Å². The Morgan fingerprint density at radius 3 is 2.42 bits per heavy atom. The van der Waals surface area contributed by atoms with Gasteiger partial charge in [0.15, 0.2) is 0 Å². The molecule has 0 spiro atoms. The minimum atomic E-state index is -0.930. The Hall–Kier alpha value is -2.11. The average molecular weight is 336 g/mol. The van der Waals surface area contributed by atoms with Crippen LogP contribution in [0, 0.1) is 17.7 Å². The van der Waals surface area contributed by atoms with Crippen molar-refractivity contribution in [2.24, 2.45) is 11.8 Å². The Bertz CT molecular complexity index is 570. The zero-order valence-electron chi connectivity index (χ0n) is 14.2. The molecule has 0 bridgehead atoms. The number of hydrogen-bond acceptors (Lipinski definition) is 2. The molecule has 1 fully saturated rings. The lowest BCUT2D eigenvalue weighted by atomic mass is 9.91. The van der Waals surface area contributed by atoms with Gasteiger partial charge >= 0.3 is 12.0 Å². The fourth-order valence-electron chi connectivity index (χ4n) is 3.25. The van der Waals surface area contributed by atoms with Crippen molar-refractivity contribution >= 4 is 12.0 Å². The van der Waals surface area contributed by atoms with Crippen LogP contribution in [0.3, 0.4) is 0 Å². The van der Waals surface area contributed by atoms with E-state index in [9.17, 15) is 14.0 Å². The Balaban J connectivity index is 2.08. The highest BCUT2D eigenvalue weighted by molar-refractivity contribution is 5.76. The van der Waals surface area contributed by atoms with E-state index in [4.69, 9.17) is 5.11 Å². The maximum absolute atomic E-state index is 13.2. The molecule has 2 unspecified atom stereocenters. The number of aliphatic carboxylic acids is 1.